The summed E-state index contributed by atoms with van der Waals surface area (Å²) in [4.78, 5) is 25.9. The Morgan fingerprint density at radius 2 is 2.00 bits per heavy atom. The summed E-state index contributed by atoms with van der Waals surface area (Å²) < 4.78 is 0. The molecule has 1 atom stereocenters. The van der Waals surface area contributed by atoms with Crippen LogP contribution in [0.15, 0.2) is 12.4 Å². The fourth-order valence-corrected chi connectivity index (χ4v) is 4.24. The summed E-state index contributed by atoms with van der Waals surface area (Å²) in [6, 6.07) is 0.599. The third-order valence-electron chi connectivity index (χ3n) is 5.70. The Hall–Kier alpha value is -1.69. The number of piperidine rings is 1. The third kappa shape index (κ3) is 4.69. The molecule has 0 unspecified atom stereocenters. The maximum Gasteiger partial charge on any atom is 0.236 e. The van der Waals surface area contributed by atoms with Crippen molar-refractivity contribution in [3.63, 3.8) is 0 Å². The van der Waals surface area contributed by atoms with E-state index in [9.17, 15) is 4.79 Å². The Balaban J connectivity index is 1.54. The van der Waals surface area contributed by atoms with Crippen molar-refractivity contribution in [2.75, 3.05) is 39.0 Å². The summed E-state index contributed by atoms with van der Waals surface area (Å²) in [5.41, 5.74) is 1.01. The van der Waals surface area contributed by atoms with Gasteiger partial charge in [-0.15, -0.1) is 0 Å². The minimum absolute atomic E-state index is 0.284. The topological polar surface area (TPSA) is 61.4 Å². The van der Waals surface area contributed by atoms with Gasteiger partial charge in [0.2, 0.25) is 5.91 Å². The molecule has 1 aliphatic heterocycles. The van der Waals surface area contributed by atoms with Gasteiger partial charge in [0, 0.05) is 38.6 Å². The molecule has 138 valence electrons. The van der Waals surface area contributed by atoms with Gasteiger partial charge in [-0.2, -0.15) is 0 Å². The Labute approximate surface area is 151 Å². The van der Waals surface area contributed by atoms with Gasteiger partial charge < -0.3 is 10.2 Å². The van der Waals surface area contributed by atoms with Gasteiger partial charge >= 0.3 is 0 Å². The van der Waals surface area contributed by atoms with Gasteiger partial charge in [-0.1, -0.05) is 12.8 Å². The van der Waals surface area contributed by atoms with E-state index in [1.807, 2.05) is 7.05 Å². The predicted octanol–water partition coefficient (Wildman–Crippen LogP) is 2.17. The second kappa shape index (κ2) is 8.61. The first-order chi connectivity index (χ1) is 12.2. The maximum atomic E-state index is 12.7. The van der Waals surface area contributed by atoms with E-state index >= 15 is 0 Å². The average Bonchev–Trinajstić information content (AvgIpc) is 3.17. The quantitative estimate of drug-likeness (QED) is 0.856. The van der Waals surface area contributed by atoms with Crippen LogP contribution >= 0.6 is 0 Å². The maximum absolute atomic E-state index is 12.7. The molecule has 1 saturated heterocycles. The number of nitrogens with zero attached hydrogens (tertiary/aromatic N) is 4. The number of rotatable bonds is 6. The van der Waals surface area contributed by atoms with Gasteiger partial charge in [0.15, 0.2) is 0 Å². The van der Waals surface area contributed by atoms with Gasteiger partial charge in [0.1, 0.15) is 5.82 Å². The molecular formula is C19H31N5O. The van der Waals surface area contributed by atoms with Crippen LogP contribution in [-0.2, 0) is 11.2 Å². The van der Waals surface area contributed by atoms with Crippen molar-refractivity contribution < 1.29 is 4.79 Å². The lowest BCUT2D eigenvalue weighted by Crippen LogP contribution is -2.46. The van der Waals surface area contributed by atoms with E-state index in [0.717, 1.165) is 43.9 Å². The molecule has 0 spiro atoms. The van der Waals surface area contributed by atoms with Crippen LogP contribution in [0, 0.1) is 5.92 Å². The van der Waals surface area contributed by atoms with Gasteiger partial charge in [-0.3, -0.25) is 14.7 Å². The van der Waals surface area contributed by atoms with Gasteiger partial charge in [0.05, 0.1) is 12.2 Å². The van der Waals surface area contributed by atoms with E-state index in [1.165, 1.54) is 25.7 Å². The number of likely N-dealkylation sites (N-methyl/N-ethyl adjacent to an activating group) is 1. The highest BCUT2D eigenvalue weighted by molar-refractivity contribution is 5.78. The molecule has 0 radical (unpaired) electrons. The molecule has 3 rings (SSSR count). The molecule has 0 bridgehead atoms. The molecule has 6 nitrogen and oxygen atoms in total. The first-order valence-corrected chi connectivity index (χ1v) is 9.63. The van der Waals surface area contributed by atoms with E-state index in [0.29, 0.717) is 18.5 Å². The molecule has 1 aliphatic carbocycles. The first kappa shape index (κ1) is 18.1. The zero-order valence-corrected chi connectivity index (χ0v) is 15.6. The Morgan fingerprint density at radius 1 is 1.24 bits per heavy atom. The summed E-state index contributed by atoms with van der Waals surface area (Å²) in [5, 5.41) is 3.12. The van der Waals surface area contributed by atoms with Gasteiger partial charge in [-0.25, -0.2) is 4.98 Å². The first-order valence-electron chi connectivity index (χ1n) is 9.63. The van der Waals surface area contributed by atoms with Crippen molar-refractivity contribution in [2.45, 2.75) is 51.0 Å². The Morgan fingerprint density at radius 3 is 2.76 bits per heavy atom. The van der Waals surface area contributed by atoms with Crippen molar-refractivity contribution in [3.05, 3.63) is 18.1 Å². The average molecular weight is 345 g/mol. The molecule has 25 heavy (non-hydrogen) atoms. The monoisotopic (exact) mass is 345 g/mol. The van der Waals surface area contributed by atoms with Crippen LogP contribution in [-0.4, -0.2) is 65.4 Å². The highest BCUT2D eigenvalue weighted by Gasteiger charge is 2.27. The largest absolute Gasteiger partial charge is 0.372 e. The van der Waals surface area contributed by atoms with Crippen LogP contribution in [0.5, 0.6) is 0 Å². The number of carbonyl (C=O) groups is 1. The Kier molecular flexibility index (Phi) is 6.24. The van der Waals surface area contributed by atoms with E-state index in [2.05, 4.69) is 32.1 Å². The fraction of sp³-hybridized carbons (Fsp3) is 0.737. The second-order valence-electron chi connectivity index (χ2n) is 7.51. The zero-order chi connectivity index (χ0) is 17.6. The highest BCUT2D eigenvalue weighted by Crippen LogP contribution is 2.24. The van der Waals surface area contributed by atoms with Crippen LogP contribution < -0.4 is 5.32 Å². The molecule has 1 aromatic rings. The lowest BCUT2D eigenvalue weighted by atomic mass is 9.93. The van der Waals surface area contributed by atoms with Gasteiger partial charge in [0.25, 0.3) is 0 Å². The standard InChI is InChI=1S/C19H31N5O/c1-20-19-17(21-9-10-22-19)12-15-6-5-11-24(13-15)18(25)14-23(2)16-7-3-4-8-16/h9-10,15-16H,3-8,11-14H2,1-2H3,(H,20,22)/t15-/m0/s1. The number of anilines is 1. The number of hydrogen-bond donors (Lipinski definition) is 1. The number of aromatic nitrogens is 2. The molecule has 1 saturated carbocycles. The normalized spacial score (nSPS) is 21.7. The summed E-state index contributed by atoms with van der Waals surface area (Å²) in [6.07, 6.45) is 11.7. The van der Waals surface area contributed by atoms with E-state index in [4.69, 9.17) is 0 Å². The lowest BCUT2D eigenvalue weighted by molar-refractivity contribution is -0.134. The number of likely N-dealkylation sites (tertiary alicyclic amines) is 1. The fourth-order valence-electron chi connectivity index (χ4n) is 4.24. The van der Waals surface area contributed by atoms with Crippen molar-refractivity contribution in [1.29, 1.82) is 0 Å². The van der Waals surface area contributed by atoms with Crippen molar-refractivity contribution in [2.24, 2.45) is 5.92 Å². The van der Waals surface area contributed by atoms with Crippen molar-refractivity contribution in [1.82, 2.24) is 19.8 Å². The van der Waals surface area contributed by atoms with Crippen molar-refractivity contribution >= 4 is 11.7 Å². The number of hydrogen-bond acceptors (Lipinski definition) is 5. The van der Waals surface area contributed by atoms with Crippen LogP contribution in [0.25, 0.3) is 0 Å². The molecule has 2 aliphatic rings. The molecule has 1 amide bonds. The number of amides is 1. The molecule has 1 aromatic heterocycles. The van der Waals surface area contributed by atoms with Crippen LogP contribution in [0.4, 0.5) is 5.82 Å². The SMILES string of the molecule is CNc1nccnc1C[C@@H]1CCCN(C(=O)CN(C)C2CCCC2)C1. The summed E-state index contributed by atoms with van der Waals surface area (Å²) in [6.45, 7) is 2.30. The predicted molar refractivity (Wildman–Crippen MR) is 99.5 cm³/mol. The minimum Gasteiger partial charge on any atom is -0.372 e. The van der Waals surface area contributed by atoms with Crippen LogP contribution in [0.3, 0.4) is 0 Å². The second-order valence-corrected chi connectivity index (χ2v) is 7.51. The number of carbonyl (C=O) groups excluding carboxylic acids is 1. The summed E-state index contributed by atoms with van der Waals surface area (Å²) in [7, 11) is 3.98. The molecule has 2 heterocycles. The molecule has 2 fully saturated rings. The number of nitrogens with one attached hydrogen (secondary N) is 1. The third-order valence-corrected chi connectivity index (χ3v) is 5.70. The smallest absolute Gasteiger partial charge is 0.236 e. The summed E-state index contributed by atoms with van der Waals surface area (Å²) in [5.74, 6) is 1.61. The molecule has 1 N–H and O–H groups in total. The van der Waals surface area contributed by atoms with E-state index < -0.39 is 0 Å². The van der Waals surface area contributed by atoms with Gasteiger partial charge in [-0.05, 0) is 45.1 Å². The highest BCUT2D eigenvalue weighted by atomic mass is 16.2. The summed E-state index contributed by atoms with van der Waals surface area (Å²) >= 11 is 0. The van der Waals surface area contributed by atoms with Crippen LogP contribution in [0.1, 0.15) is 44.2 Å². The van der Waals surface area contributed by atoms with Crippen LogP contribution in [0.2, 0.25) is 0 Å². The minimum atomic E-state index is 0.284. The molecular weight excluding hydrogens is 314 g/mol. The Bertz CT molecular complexity index is 573. The van der Waals surface area contributed by atoms with E-state index in [-0.39, 0.29) is 5.91 Å². The molecule has 6 heteroatoms. The lowest BCUT2D eigenvalue weighted by Gasteiger charge is -2.34. The van der Waals surface area contributed by atoms with E-state index in [1.54, 1.807) is 12.4 Å². The zero-order valence-electron chi connectivity index (χ0n) is 15.6. The van der Waals surface area contributed by atoms with Crippen molar-refractivity contribution in [3.8, 4) is 0 Å². The molecule has 0 aromatic carbocycles.